The standard InChI is InChI=1S/C20H19N5O/c1-14-7-3-5-9-17(14)25-13-15(11-22-25)20(26)21-12-19-23-16-8-4-6-10-18(16)24(19)2/h3-11,13H,12H2,1-2H3,(H,21,26). The van der Waals surface area contributed by atoms with Crippen molar-refractivity contribution in [1.29, 1.82) is 0 Å². The summed E-state index contributed by atoms with van der Waals surface area (Å²) in [5, 5.41) is 7.23. The Labute approximate surface area is 151 Å². The number of benzene rings is 2. The largest absolute Gasteiger partial charge is 0.345 e. The maximum Gasteiger partial charge on any atom is 0.254 e. The molecular formula is C20H19N5O. The van der Waals surface area contributed by atoms with Gasteiger partial charge in [0.05, 0.1) is 35.0 Å². The zero-order valence-corrected chi connectivity index (χ0v) is 14.7. The molecule has 0 aliphatic heterocycles. The molecule has 0 saturated heterocycles. The molecule has 0 saturated carbocycles. The fraction of sp³-hybridized carbons (Fsp3) is 0.150. The predicted molar refractivity (Wildman–Crippen MR) is 100 cm³/mol. The molecule has 6 nitrogen and oxygen atoms in total. The molecule has 130 valence electrons. The maximum atomic E-state index is 12.5. The molecule has 2 aromatic heterocycles. The lowest BCUT2D eigenvalue weighted by molar-refractivity contribution is 0.0949. The van der Waals surface area contributed by atoms with Crippen LogP contribution in [-0.4, -0.2) is 25.2 Å². The van der Waals surface area contributed by atoms with Gasteiger partial charge in [-0.2, -0.15) is 5.10 Å². The summed E-state index contributed by atoms with van der Waals surface area (Å²) in [5.74, 6) is 0.641. The van der Waals surface area contributed by atoms with E-state index in [9.17, 15) is 4.79 Å². The molecule has 0 atom stereocenters. The third-order valence-corrected chi connectivity index (χ3v) is 4.49. The summed E-state index contributed by atoms with van der Waals surface area (Å²) >= 11 is 0. The topological polar surface area (TPSA) is 64.7 Å². The number of aryl methyl sites for hydroxylation is 2. The molecule has 6 heteroatoms. The second kappa shape index (κ2) is 6.48. The normalized spacial score (nSPS) is 11.0. The second-order valence-electron chi connectivity index (χ2n) is 6.22. The lowest BCUT2D eigenvalue weighted by Crippen LogP contribution is -2.24. The summed E-state index contributed by atoms with van der Waals surface area (Å²) in [5.41, 5.74) is 4.55. The van der Waals surface area contributed by atoms with Crippen LogP contribution in [0.4, 0.5) is 0 Å². The number of rotatable bonds is 4. The third kappa shape index (κ3) is 2.86. The number of carbonyl (C=O) groups excluding carboxylic acids is 1. The summed E-state index contributed by atoms with van der Waals surface area (Å²) in [6.45, 7) is 2.38. The first-order chi connectivity index (χ1) is 12.6. The maximum absolute atomic E-state index is 12.5. The minimum Gasteiger partial charge on any atom is -0.345 e. The van der Waals surface area contributed by atoms with Gasteiger partial charge in [-0.15, -0.1) is 0 Å². The molecule has 2 heterocycles. The van der Waals surface area contributed by atoms with Crippen LogP contribution in [0.2, 0.25) is 0 Å². The highest BCUT2D eigenvalue weighted by Gasteiger charge is 2.12. The van der Waals surface area contributed by atoms with E-state index in [1.165, 1.54) is 0 Å². The Balaban J connectivity index is 1.50. The molecule has 1 amide bonds. The van der Waals surface area contributed by atoms with Crippen molar-refractivity contribution in [2.24, 2.45) is 7.05 Å². The highest BCUT2D eigenvalue weighted by atomic mass is 16.1. The van der Waals surface area contributed by atoms with Gasteiger partial charge in [-0.25, -0.2) is 9.67 Å². The first kappa shape index (κ1) is 16.1. The summed E-state index contributed by atoms with van der Waals surface area (Å²) in [6.07, 6.45) is 3.32. The zero-order chi connectivity index (χ0) is 18.1. The molecule has 0 fully saturated rings. The van der Waals surface area contributed by atoms with Crippen molar-refractivity contribution in [2.75, 3.05) is 0 Å². The minimum atomic E-state index is -0.170. The van der Waals surface area contributed by atoms with E-state index in [0.717, 1.165) is 28.1 Å². The van der Waals surface area contributed by atoms with Crippen LogP contribution >= 0.6 is 0 Å². The van der Waals surface area contributed by atoms with Crippen molar-refractivity contribution in [2.45, 2.75) is 13.5 Å². The van der Waals surface area contributed by atoms with Crippen molar-refractivity contribution in [3.63, 3.8) is 0 Å². The second-order valence-corrected chi connectivity index (χ2v) is 6.22. The summed E-state index contributed by atoms with van der Waals surface area (Å²) < 4.78 is 3.71. The molecule has 0 aliphatic rings. The number of hydrogen-bond donors (Lipinski definition) is 1. The zero-order valence-electron chi connectivity index (χ0n) is 14.7. The van der Waals surface area contributed by atoms with Crippen molar-refractivity contribution < 1.29 is 4.79 Å². The van der Waals surface area contributed by atoms with E-state index in [4.69, 9.17) is 0 Å². The van der Waals surface area contributed by atoms with Crippen LogP contribution in [0.3, 0.4) is 0 Å². The van der Waals surface area contributed by atoms with Gasteiger partial charge in [-0.05, 0) is 30.7 Å². The van der Waals surface area contributed by atoms with Gasteiger partial charge in [0, 0.05) is 13.2 Å². The Morgan fingerprint density at radius 2 is 1.88 bits per heavy atom. The van der Waals surface area contributed by atoms with Gasteiger partial charge in [0.25, 0.3) is 5.91 Å². The molecule has 2 aromatic carbocycles. The highest BCUT2D eigenvalue weighted by molar-refractivity contribution is 5.93. The van der Waals surface area contributed by atoms with Crippen molar-refractivity contribution in [3.8, 4) is 5.69 Å². The Morgan fingerprint density at radius 3 is 2.69 bits per heavy atom. The average Bonchev–Trinajstić information content (AvgIpc) is 3.26. The predicted octanol–water partition coefficient (Wildman–Crippen LogP) is 3.00. The molecule has 4 rings (SSSR count). The number of nitrogens with one attached hydrogen (secondary N) is 1. The summed E-state index contributed by atoms with van der Waals surface area (Å²) in [6, 6.07) is 15.8. The number of nitrogens with zero attached hydrogens (tertiary/aromatic N) is 4. The van der Waals surface area contributed by atoms with Crippen LogP contribution in [0.25, 0.3) is 16.7 Å². The van der Waals surface area contributed by atoms with E-state index in [1.54, 1.807) is 17.1 Å². The lowest BCUT2D eigenvalue weighted by atomic mass is 10.2. The Hall–Kier alpha value is -3.41. The Kier molecular flexibility index (Phi) is 4.01. The molecule has 0 aliphatic carbocycles. The van der Waals surface area contributed by atoms with Crippen LogP contribution < -0.4 is 5.32 Å². The van der Waals surface area contributed by atoms with Crippen LogP contribution in [0.5, 0.6) is 0 Å². The molecule has 0 spiro atoms. The van der Waals surface area contributed by atoms with Gasteiger partial charge in [0.15, 0.2) is 0 Å². The number of hydrogen-bond acceptors (Lipinski definition) is 3. The molecule has 4 aromatic rings. The van der Waals surface area contributed by atoms with Crippen LogP contribution in [0.15, 0.2) is 60.9 Å². The summed E-state index contributed by atoms with van der Waals surface area (Å²) in [4.78, 5) is 17.0. The fourth-order valence-electron chi connectivity index (χ4n) is 3.01. The van der Waals surface area contributed by atoms with Gasteiger partial charge in [0.1, 0.15) is 5.82 Å². The molecule has 0 bridgehead atoms. The smallest absolute Gasteiger partial charge is 0.254 e. The van der Waals surface area contributed by atoms with E-state index in [1.807, 2.05) is 67.1 Å². The lowest BCUT2D eigenvalue weighted by Gasteiger charge is -2.05. The highest BCUT2D eigenvalue weighted by Crippen LogP contribution is 2.15. The quantitative estimate of drug-likeness (QED) is 0.618. The average molecular weight is 345 g/mol. The fourth-order valence-corrected chi connectivity index (χ4v) is 3.01. The van der Waals surface area contributed by atoms with E-state index in [0.29, 0.717) is 12.1 Å². The number of aromatic nitrogens is 4. The van der Waals surface area contributed by atoms with Gasteiger partial charge in [-0.3, -0.25) is 4.79 Å². The molecule has 0 unspecified atom stereocenters. The number of amides is 1. The molecule has 26 heavy (non-hydrogen) atoms. The van der Waals surface area contributed by atoms with Gasteiger partial charge >= 0.3 is 0 Å². The van der Waals surface area contributed by atoms with Gasteiger partial charge in [0.2, 0.25) is 0 Å². The van der Waals surface area contributed by atoms with Crippen molar-refractivity contribution >= 4 is 16.9 Å². The summed E-state index contributed by atoms with van der Waals surface area (Å²) in [7, 11) is 1.95. The Bertz CT molecular complexity index is 1090. The number of carbonyl (C=O) groups is 1. The minimum absolute atomic E-state index is 0.170. The van der Waals surface area contributed by atoms with E-state index in [-0.39, 0.29) is 5.91 Å². The first-order valence-corrected chi connectivity index (χ1v) is 8.42. The Morgan fingerprint density at radius 1 is 1.12 bits per heavy atom. The molecule has 1 N–H and O–H groups in total. The van der Waals surface area contributed by atoms with Crippen LogP contribution in [0, 0.1) is 6.92 Å². The van der Waals surface area contributed by atoms with E-state index in [2.05, 4.69) is 15.4 Å². The SMILES string of the molecule is Cc1ccccc1-n1cc(C(=O)NCc2nc3ccccc3n2C)cn1. The third-order valence-electron chi connectivity index (χ3n) is 4.49. The van der Waals surface area contributed by atoms with Gasteiger partial charge < -0.3 is 9.88 Å². The van der Waals surface area contributed by atoms with Crippen LogP contribution in [0.1, 0.15) is 21.7 Å². The van der Waals surface area contributed by atoms with Crippen molar-refractivity contribution in [1.82, 2.24) is 24.6 Å². The number of para-hydroxylation sites is 3. The van der Waals surface area contributed by atoms with Crippen molar-refractivity contribution in [3.05, 3.63) is 77.9 Å². The van der Waals surface area contributed by atoms with Crippen LogP contribution in [-0.2, 0) is 13.6 Å². The van der Waals surface area contributed by atoms with E-state index >= 15 is 0 Å². The number of imidazole rings is 1. The van der Waals surface area contributed by atoms with Gasteiger partial charge in [-0.1, -0.05) is 30.3 Å². The first-order valence-electron chi connectivity index (χ1n) is 8.42. The molecular weight excluding hydrogens is 326 g/mol. The number of fused-ring (bicyclic) bond motifs is 1. The molecule has 0 radical (unpaired) electrons. The monoisotopic (exact) mass is 345 g/mol. The van der Waals surface area contributed by atoms with E-state index < -0.39 is 0 Å².